The zero-order valence-corrected chi connectivity index (χ0v) is 13.2. The minimum absolute atomic E-state index is 0.106. The molecule has 3 rings (SSSR count). The molecule has 23 heavy (non-hydrogen) atoms. The average molecular weight is 330 g/mol. The molecule has 2 aliphatic rings. The molecule has 1 aromatic heterocycles. The van der Waals surface area contributed by atoms with Crippen LogP contribution < -0.4 is 5.32 Å². The largest absolute Gasteiger partial charge is 0.435 e. The Morgan fingerprint density at radius 3 is 2.48 bits per heavy atom. The summed E-state index contributed by atoms with van der Waals surface area (Å²) in [4.78, 5) is 14.5. The van der Waals surface area contributed by atoms with Crippen molar-refractivity contribution in [1.82, 2.24) is 20.0 Å². The molecule has 5 nitrogen and oxygen atoms in total. The lowest BCUT2D eigenvalue weighted by molar-refractivity contribution is -0.141. The van der Waals surface area contributed by atoms with E-state index in [2.05, 4.69) is 22.4 Å². The Balaban J connectivity index is 1.59. The van der Waals surface area contributed by atoms with Gasteiger partial charge in [-0.25, -0.2) is 0 Å². The molecule has 2 bridgehead atoms. The van der Waals surface area contributed by atoms with Crippen molar-refractivity contribution in [3.8, 4) is 0 Å². The molecule has 1 amide bonds. The van der Waals surface area contributed by atoms with Gasteiger partial charge in [0, 0.05) is 23.8 Å². The Morgan fingerprint density at radius 2 is 1.96 bits per heavy atom. The molecule has 1 aromatic rings. The van der Waals surface area contributed by atoms with Crippen molar-refractivity contribution in [1.29, 1.82) is 0 Å². The van der Waals surface area contributed by atoms with Crippen LogP contribution >= 0.6 is 0 Å². The van der Waals surface area contributed by atoms with Crippen molar-refractivity contribution in [3.63, 3.8) is 0 Å². The summed E-state index contributed by atoms with van der Waals surface area (Å²) in [7, 11) is 2.12. The number of carbonyl (C=O) groups is 1. The maximum Gasteiger partial charge on any atom is 0.435 e. The van der Waals surface area contributed by atoms with Gasteiger partial charge < -0.3 is 10.2 Å². The minimum atomic E-state index is -4.49. The van der Waals surface area contributed by atoms with Crippen LogP contribution in [0.4, 0.5) is 13.2 Å². The molecule has 128 valence electrons. The summed E-state index contributed by atoms with van der Waals surface area (Å²) >= 11 is 0. The van der Waals surface area contributed by atoms with E-state index in [9.17, 15) is 18.0 Å². The first-order valence-corrected chi connectivity index (χ1v) is 7.87. The predicted octanol–water partition coefficient (Wildman–Crippen LogP) is 1.95. The van der Waals surface area contributed by atoms with E-state index in [1.807, 2.05) is 0 Å². The third-order valence-electron chi connectivity index (χ3n) is 5.03. The van der Waals surface area contributed by atoms with Gasteiger partial charge in [0.15, 0.2) is 5.69 Å². The van der Waals surface area contributed by atoms with E-state index in [-0.39, 0.29) is 18.5 Å². The van der Waals surface area contributed by atoms with Crippen molar-refractivity contribution < 1.29 is 18.0 Å². The predicted molar refractivity (Wildman–Crippen MR) is 77.7 cm³/mol. The minimum Gasteiger partial charge on any atom is -0.352 e. The zero-order chi connectivity index (χ0) is 16.8. The van der Waals surface area contributed by atoms with Crippen LogP contribution in [0.2, 0.25) is 0 Å². The van der Waals surface area contributed by atoms with Gasteiger partial charge in [-0.05, 0) is 45.7 Å². The Kier molecular flexibility index (Phi) is 4.12. The number of halogens is 3. The number of hydrogen-bond acceptors (Lipinski definition) is 3. The van der Waals surface area contributed by atoms with Gasteiger partial charge in [0.1, 0.15) is 6.54 Å². The molecule has 0 spiro atoms. The Morgan fingerprint density at radius 1 is 1.35 bits per heavy atom. The highest BCUT2D eigenvalue weighted by Gasteiger charge is 2.39. The number of nitrogens with one attached hydrogen (secondary N) is 1. The molecule has 2 atom stereocenters. The zero-order valence-electron chi connectivity index (χ0n) is 13.2. The fraction of sp³-hybridized carbons (Fsp3) is 0.733. The first-order valence-electron chi connectivity index (χ1n) is 7.87. The summed E-state index contributed by atoms with van der Waals surface area (Å²) in [6.07, 6.45) is -0.365. The Bertz CT molecular complexity index is 584. The molecule has 0 aromatic carbocycles. The lowest BCUT2D eigenvalue weighted by Gasteiger charge is -2.36. The molecule has 2 saturated heterocycles. The maximum atomic E-state index is 12.6. The van der Waals surface area contributed by atoms with Gasteiger partial charge >= 0.3 is 6.18 Å². The van der Waals surface area contributed by atoms with E-state index in [4.69, 9.17) is 0 Å². The normalized spacial score (nSPS) is 28.1. The number of amides is 1. The lowest BCUT2D eigenvalue weighted by Crippen LogP contribution is -2.49. The van der Waals surface area contributed by atoms with E-state index in [1.54, 1.807) is 0 Å². The molecule has 2 fully saturated rings. The number of hydrogen-bond donors (Lipinski definition) is 1. The molecule has 3 heterocycles. The van der Waals surface area contributed by atoms with Crippen LogP contribution in [0.15, 0.2) is 6.07 Å². The second-order valence-electron chi connectivity index (χ2n) is 6.61. The summed E-state index contributed by atoms with van der Waals surface area (Å²) in [5, 5.41) is 6.45. The van der Waals surface area contributed by atoms with Gasteiger partial charge in [-0.2, -0.15) is 18.3 Å². The lowest BCUT2D eigenvalue weighted by atomic mass is 9.98. The topological polar surface area (TPSA) is 50.2 Å². The second-order valence-corrected chi connectivity index (χ2v) is 6.61. The van der Waals surface area contributed by atoms with Gasteiger partial charge in [-0.15, -0.1) is 0 Å². The van der Waals surface area contributed by atoms with Crippen LogP contribution in [0.3, 0.4) is 0 Å². The molecule has 8 heteroatoms. The van der Waals surface area contributed by atoms with Crippen LogP contribution in [-0.2, 0) is 17.5 Å². The molecule has 2 unspecified atom stereocenters. The van der Waals surface area contributed by atoms with Gasteiger partial charge in [-0.1, -0.05) is 0 Å². The van der Waals surface area contributed by atoms with Gasteiger partial charge in [-0.3, -0.25) is 9.48 Å². The number of aromatic nitrogens is 2. The first-order chi connectivity index (χ1) is 10.7. The van der Waals surface area contributed by atoms with E-state index in [0.717, 1.165) is 36.4 Å². The van der Waals surface area contributed by atoms with E-state index in [1.165, 1.54) is 6.92 Å². The van der Waals surface area contributed by atoms with Crippen molar-refractivity contribution in [3.05, 3.63) is 17.5 Å². The van der Waals surface area contributed by atoms with Crippen molar-refractivity contribution in [2.45, 2.75) is 63.5 Å². The Hall–Kier alpha value is -1.57. The Labute approximate surface area is 132 Å². The second kappa shape index (κ2) is 5.81. The summed E-state index contributed by atoms with van der Waals surface area (Å²) in [6.45, 7) is 1.34. The number of alkyl halides is 3. The maximum absolute atomic E-state index is 12.6. The highest BCUT2D eigenvalue weighted by atomic mass is 19.4. The highest BCUT2D eigenvalue weighted by Crippen LogP contribution is 2.34. The average Bonchev–Trinajstić information content (AvgIpc) is 2.88. The number of fused-ring (bicyclic) bond motifs is 2. The van der Waals surface area contributed by atoms with Gasteiger partial charge in [0.05, 0.1) is 0 Å². The third kappa shape index (κ3) is 3.36. The van der Waals surface area contributed by atoms with Crippen LogP contribution in [0.5, 0.6) is 0 Å². The van der Waals surface area contributed by atoms with E-state index >= 15 is 0 Å². The summed E-state index contributed by atoms with van der Waals surface area (Å²) < 4.78 is 39.0. The molecule has 2 aliphatic heterocycles. The molecular formula is C15H21F3N4O. The molecule has 1 N–H and O–H groups in total. The number of aryl methyl sites for hydroxylation is 1. The third-order valence-corrected chi connectivity index (χ3v) is 5.03. The van der Waals surface area contributed by atoms with Crippen molar-refractivity contribution in [2.24, 2.45) is 0 Å². The van der Waals surface area contributed by atoms with Crippen LogP contribution in [0.1, 0.15) is 37.1 Å². The molecular weight excluding hydrogens is 309 g/mol. The van der Waals surface area contributed by atoms with E-state index in [0.29, 0.717) is 17.8 Å². The van der Waals surface area contributed by atoms with Crippen molar-refractivity contribution in [2.75, 3.05) is 7.05 Å². The van der Waals surface area contributed by atoms with Crippen LogP contribution in [0, 0.1) is 6.92 Å². The molecule has 0 aliphatic carbocycles. The summed E-state index contributed by atoms with van der Waals surface area (Å²) in [6, 6.07) is 2.07. The van der Waals surface area contributed by atoms with Crippen molar-refractivity contribution >= 4 is 5.91 Å². The SMILES string of the molecule is Cc1cc(C(F)(F)F)nn1CC(=O)NC1CC2CCC(C1)N2C. The summed E-state index contributed by atoms with van der Waals surface area (Å²) in [5.41, 5.74) is -0.629. The van der Waals surface area contributed by atoms with Gasteiger partial charge in [0.2, 0.25) is 5.91 Å². The van der Waals surface area contributed by atoms with E-state index < -0.39 is 11.9 Å². The molecule has 0 saturated carbocycles. The van der Waals surface area contributed by atoms with Crippen LogP contribution in [-0.4, -0.2) is 45.8 Å². The van der Waals surface area contributed by atoms with Gasteiger partial charge in [0.25, 0.3) is 0 Å². The number of piperidine rings is 1. The standard InChI is InChI=1S/C15H21F3N4O/c1-9-5-13(15(16,17)18)20-22(9)8-14(23)19-10-6-11-3-4-12(7-10)21(11)2/h5,10-12H,3-4,6-8H2,1-2H3,(H,19,23). The fourth-order valence-electron chi connectivity index (χ4n) is 3.75. The number of carbonyl (C=O) groups excluding carboxylic acids is 1. The fourth-order valence-corrected chi connectivity index (χ4v) is 3.75. The monoisotopic (exact) mass is 330 g/mol. The van der Waals surface area contributed by atoms with Crippen LogP contribution in [0.25, 0.3) is 0 Å². The first kappa shape index (κ1) is 16.3. The quantitative estimate of drug-likeness (QED) is 0.922. The highest BCUT2D eigenvalue weighted by molar-refractivity contribution is 5.76. The number of rotatable bonds is 3. The smallest absolute Gasteiger partial charge is 0.352 e. The molecule has 0 radical (unpaired) electrons. The number of nitrogens with zero attached hydrogens (tertiary/aromatic N) is 3. The summed E-state index contributed by atoms with van der Waals surface area (Å²) in [5.74, 6) is -0.279.